The smallest absolute Gasteiger partial charge is 0.255 e. The molecule has 1 amide bonds. The van der Waals surface area contributed by atoms with E-state index >= 15 is 0 Å². The fraction of sp³-hybridized carbons (Fsp3) is 0.533. The molecule has 1 aliphatic rings. The van der Waals surface area contributed by atoms with E-state index in [4.69, 9.17) is 5.73 Å². The number of carbonyl (C=O) groups is 1. The zero-order valence-corrected chi connectivity index (χ0v) is 14.1. The Morgan fingerprint density at radius 2 is 1.95 bits per heavy atom. The minimum atomic E-state index is -0.705. The van der Waals surface area contributed by atoms with E-state index in [1.54, 1.807) is 32.0 Å². The lowest BCUT2D eigenvalue weighted by Crippen LogP contribution is -2.52. The van der Waals surface area contributed by atoms with Crippen LogP contribution in [0.5, 0.6) is 0 Å². The number of hydrogen-bond acceptors (Lipinski definition) is 4. The van der Waals surface area contributed by atoms with Crippen molar-refractivity contribution in [2.45, 2.75) is 19.4 Å². The Labute approximate surface area is 133 Å². The molecule has 0 aliphatic carbocycles. The minimum Gasteiger partial charge on any atom is -0.398 e. The molecule has 21 heavy (non-hydrogen) atoms. The number of nitrogens with two attached hydrogens (primary N) is 1. The summed E-state index contributed by atoms with van der Waals surface area (Å²) in [6.45, 7) is 7.09. The molecule has 3 N–H and O–H groups in total. The van der Waals surface area contributed by atoms with E-state index in [1.807, 2.05) is 4.90 Å². The number of β-amino-alcohol motifs (C(OH)–C–C–N with tert-alkyl or cyclic N) is 1. The Morgan fingerprint density at radius 1 is 1.33 bits per heavy atom. The number of amides is 1. The maximum atomic E-state index is 12.5. The highest BCUT2D eigenvalue weighted by Crippen LogP contribution is 2.25. The average Bonchev–Trinajstić information content (AvgIpc) is 2.40. The van der Waals surface area contributed by atoms with Gasteiger partial charge in [0, 0.05) is 38.4 Å². The first kappa shape index (κ1) is 16.3. The molecule has 1 aromatic carbocycles. The molecule has 1 aromatic rings. The van der Waals surface area contributed by atoms with Crippen LogP contribution in [0.25, 0.3) is 0 Å². The van der Waals surface area contributed by atoms with Gasteiger partial charge in [0.15, 0.2) is 0 Å². The summed E-state index contributed by atoms with van der Waals surface area (Å²) in [4.78, 5) is 16.5. The number of hydrogen-bond donors (Lipinski definition) is 2. The fourth-order valence-electron chi connectivity index (χ4n) is 2.54. The van der Waals surface area contributed by atoms with E-state index < -0.39 is 5.60 Å². The third-order valence-electron chi connectivity index (χ3n) is 3.53. The Kier molecular flexibility index (Phi) is 4.91. The van der Waals surface area contributed by atoms with Gasteiger partial charge in [0.25, 0.3) is 5.91 Å². The van der Waals surface area contributed by atoms with Crippen LogP contribution in [-0.4, -0.2) is 59.1 Å². The van der Waals surface area contributed by atoms with E-state index in [0.717, 1.165) is 13.1 Å². The van der Waals surface area contributed by atoms with Crippen LogP contribution in [0.2, 0.25) is 0 Å². The summed E-state index contributed by atoms with van der Waals surface area (Å²) in [5, 5.41) is 9.85. The van der Waals surface area contributed by atoms with Crippen LogP contribution in [-0.2, 0) is 0 Å². The third-order valence-corrected chi connectivity index (χ3v) is 4.41. The van der Waals surface area contributed by atoms with E-state index in [-0.39, 0.29) is 5.91 Å². The first-order chi connectivity index (χ1) is 9.78. The number of carbonyl (C=O) groups excluding carboxylic acids is 1. The molecule has 6 heteroatoms. The van der Waals surface area contributed by atoms with Crippen LogP contribution in [0.15, 0.2) is 22.7 Å². The Balaban J connectivity index is 1.99. The highest BCUT2D eigenvalue weighted by molar-refractivity contribution is 9.10. The highest BCUT2D eigenvalue weighted by atomic mass is 79.9. The predicted molar refractivity (Wildman–Crippen MR) is 87.2 cm³/mol. The number of aliphatic hydroxyl groups is 1. The molecule has 0 aromatic heterocycles. The Bertz CT molecular complexity index is 520. The minimum absolute atomic E-state index is 0.00270. The zero-order valence-electron chi connectivity index (χ0n) is 12.5. The number of halogens is 1. The van der Waals surface area contributed by atoms with E-state index in [9.17, 15) is 9.90 Å². The lowest BCUT2D eigenvalue weighted by atomic mass is 10.1. The van der Waals surface area contributed by atoms with Crippen LogP contribution in [0, 0.1) is 0 Å². The Morgan fingerprint density at radius 3 is 2.52 bits per heavy atom. The van der Waals surface area contributed by atoms with Crippen molar-refractivity contribution in [1.82, 2.24) is 9.80 Å². The topological polar surface area (TPSA) is 69.8 Å². The van der Waals surface area contributed by atoms with Crippen LogP contribution in [0.3, 0.4) is 0 Å². The lowest BCUT2D eigenvalue weighted by Gasteiger charge is -2.37. The molecule has 0 unspecified atom stereocenters. The molecule has 1 aliphatic heterocycles. The Hall–Kier alpha value is -1.11. The van der Waals surface area contributed by atoms with Gasteiger partial charge >= 0.3 is 0 Å². The molecular formula is C15H22BrN3O2. The van der Waals surface area contributed by atoms with Gasteiger partial charge < -0.3 is 15.7 Å². The summed E-state index contributed by atoms with van der Waals surface area (Å²) in [6.07, 6.45) is 0. The summed E-state index contributed by atoms with van der Waals surface area (Å²) >= 11 is 3.38. The van der Waals surface area contributed by atoms with Gasteiger partial charge in [-0.05, 0) is 41.9 Å². The second-order valence-corrected chi connectivity index (χ2v) is 6.88. The van der Waals surface area contributed by atoms with Crippen LogP contribution >= 0.6 is 15.9 Å². The van der Waals surface area contributed by atoms with Crippen molar-refractivity contribution in [3.63, 3.8) is 0 Å². The quantitative estimate of drug-likeness (QED) is 0.807. The summed E-state index contributed by atoms with van der Waals surface area (Å²) in [6, 6.07) is 5.34. The van der Waals surface area contributed by atoms with Gasteiger partial charge in [0.05, 0.1) is 15.6 Å². The number of nitrogen functional groups attached to an aromatic ring is 1. The SMILES string of the molecule is CC(C)(O)CN1CCN(C(=O)c2cccc(N)c2Br)CC1. The van der Waals surface area contributed by atoms with E-state index in [0.29, 0.717) is 35.4 Å². The summed E-state index contributed by atoms with van der Waals surface area (Å²) < 4.78 is 0.661. The van der Waals surface area contributed by atoms with Gasteiger partial charge in [-0.3, -0.25) is 9.69 Å². The lowest BCUT2D eigenvalue weighted by molar-refractivity contribution is 0.0178. The van der Waals surface area contributed by atoms with Gasteiger partial charge in [0.1, 0.15) is 0 Å². The molecule has 1 fully saturated rings. The van der Waals surface area contributed by atoms with Gasteiger partial charge in [-0.1, -0.05) is 6.07 Å². The maximum Gasteiger partial charge on any atom is 0.255 e. The number of anilines is 1. The number of piperazine rings is 1. The van der Waals surface area contributed by atoms with E-state index in [2.05, 4.69) is 20.8 Å². The number of benzene rings is 1. The van der Waals surface area contributed by atoms with Crippen molar-refractivity contribution < 1.29 is 9.90 Å². The summed E-state index contributed by atoms with van der Waals surface area (Å²) in [7, 11) is 0. The normalized spacial score (nSPS) is 17.0. The molecule has 1 saturated heterocycles. The molecule has 0 bridgehead atoms. The molecule has 116 valence electrons. The molecular weight excluding hydrogens is 334 g/mol. The standard InChI is InChI=1S/C15H22BrN3O2/c1-15(2,21)10-18-6-8-19(9-7-18)14(20)11-4-3-5-12(17)13(11)16/h3-5,21H,6-10,17H2,1-2H3. The largest absolute Gasteiger partial charge is 0.398 e. The van der Waals surface area contributed by atoms with Gasteiger partial charge in [-0.15, -0.1) is 0 Å². The second-order valence-electron chi connectivity index (χ2n) is 6.09. The monoisotopic (exact) mass is 355 g/mol. The highest BCUT2D eigenvalue weighted by Gasteiger charge is 2.26. The molecule has 5 nitrogen and oxygen atoms in total. The van der Waals surface area contributed by atoms with Crippen molar-refractivity contribution in [1.29, 1.82) is 0 Å². The van der Waals surface area contributed by atoms with Crippen LogP contribution < -0.4 is 5.73 Å². The fourth-order valence-corrected chi connectivity index (χ4v) is 2.98. The zero-order chi connectivity index (χ0) is 15.6. The van der Waals surface area contributed by atoms with Crippen molar-refractivity contribution in [3.05, 3.63) is 28.2 Å². The van der Waals surface area contributed by atoms with E-state index in [1.165, 1.54) is 0 Å². The molecule has 0 spiro atoms. The first-order valence-electron chi connectivity index (χ1n) is 7.06. The third kappa shape index (κ3) is 4.18. The molecule has 0 atom stereocenters. The maximum absolute atomic E-state index is 12.5. The molecule has 2 rings (SSSR count). The summed E-state index contributed by atoms with van der Waals surface area (Å²) in [5.74, 6) is -0.00270. The molecule has 1 heterocycles. The summed E-state index contributed by atoms with van der Waals surface area (Å²) in [5.41, 5.74) is 6.29. The van der Waals surface area contributed by atoms with Gasteiger partial charge in [-0.2, -0.15) is 0 Å². The van der Waals surface area contributed by atoms with Gasteiger partial charge in [-0.25, -0.2) is 0 Å². The van der Waals surface area contributed by atoms with Crippen LogP contribution in [0.1, 0.15) is 24.2 Å². The van der Waals surface area contributed by atoms with Crippen molar-refractivity contribution in [2.75, 3.05) is 38.5 Å². The second kappa shape index (κ2) is 6.34. The van der Waals surface area contributed by atoms with Crippen LogP contribution in [0.4, 0.5) is 5.69 Å². The van der Waals surface area contributed by atoms with Crippen molar-refractivity contribution in [3.8, 4) is 0 Å². The first-order valence-corrected chi connectivity index (χ1v) is 7.85. The number of rotatable bonds is 3. The molecule has 0 radical (unpaired) electrons. The van der Waals surface area contributed by atoms with Crippen molar-refractivity contribution >= 4 is 27.5 Å². The molecule has 0 saturated carbocycles. The predicted octanol–water partition coefficient (Wildman–Crippen LogP) is 1.56. The average molecular weight is 356 g/mol. The van der Waals surface area contributed by atoms with Crippen molar-refractivity contribution in [2.24, 2.45) is 0 Å². The number of nitrogens with zero attached hydrogens (tertiary/aromatic N) is 2. The van der Waals surface area contributed by atoms with Gasteiger partial charge in [0.2, 0.25) is 0 Å².